The van der Waals surface area contributed by atoms with Crippen molar-refractivity contribution in [2.24, 2.45) is 0 Å². The van der Waals surface area contributed by atoms with Crippen molar-refractivity contribution in [2.45, 2.75) is 6.92 Å². The first-order valence-electron chi connectivity index (χ1n) is 4.99. The summed E-state index contributed by atoms with van der Waals surface area (Å²) in [6.45, 7) is 5.57. The summed E-state index contributed by atoms with van der Waals surface area (Å²) in [5, 5.41) is 2.08. The number of rotatable bonds is 2. The fourth-order valence-corrected chi connectivity index (χ4v) is 2.24. The normalized spacial score (nSPS) is 10.4. The van der Waals surface area contributed by atoms with Crippen LogP contribution >= 0.6 is 15.9 Å². The molecule has 0 aromatic heterocycles. The lowest BCUT2D eigenvalue weighted by Crippen LogP contribution is -1.97. The molecule has 1 nitrogen and oxygen atoms in total. The second-order valence-corrected chi connectivity index (χ2v) is 4.50. The third-order valence-corrected chi connectivity index (χ3v) is 3.53. The van der Waals surface area contributed by atoms with Gasteiger partial charge in [-0.25, -0.2) is 0 Å². The van der Waals surface area contributed by atoms with Gasteiger partial charge in [-0.2, -0.15) is 0 Å². The van der Waals surface area contributed by atoms with Gasteiger partial charge in [0.25, 0.3) is 0 Å². The van der Waals surface area contributed by atoms with Gasteiger partial charge in [-0.15, -0.1) is 0 Å². The molecule has 0 N–H and O–H groups in total. The van der Waals surface area contributed by atoms with Gasteiger partial charge in [-0.05, 0) is 35.4 Å². The highest BCUT2D eigenvalue weighted by Gasteiger charge is 2.10. The average molecular weight is 275 g/mol. The summed E-state index contributed by atoms with van der Waals surface area (Å²) in [5.41, 5.74) is 1.85. The van der Waals surface area contributed by atoms with Gasteiger partial charge in [0.05, 0.1) is 0 Å². The van der Waals surface area contributed by atoms with E-state index in [1.54, 1.807) is 0 Å². The van der Waals surface area contributed by atoms with Crippen molar-refractivity contribution in [1.29, 1.82) is 0 Å². The maximum Gasteiger partial charge on any atom is 0.185 e. The summed E-state index contributed by atoms with van der Waals surface area (Å²) in [7, 11) is 0. The Balaban J connectivity index is 2.90. The summed E-state index contributed by atoms with van der Waals surface area (Å²) in [4.78, 5) is 11.8. The molecule has 2 heteroatoms. The lowest BCUT2D eigenvalue weighted by molar-refractivity contribution is 0.104. The van der Waals surface area contributed by atoms with Crippen molar-refractivity contribution in [3.05, 3.63) is 58.6 Å². The van der Waals surface area contributed by atoms with Crippen LogP contribution < -0.4 is 0 Å². The minimum absolute atomic E-state index is 0.0445. The van der Waals surface area contributed by atoms with Gasteiger partial charge in [0.2, 0.25) is 0 Å². The highest BCUT2D eigenvalue weighted by molar-refractivity contribution is 9.10. The highest BCUT2D eigenvalue weighted by atomic mass is 79.9. The Bertz CT molecular complexity index is 585. The zero-order chi connectivity index (χ0) is 11.7. The molecule has 0 amide bonds. The standard InChI is InChI=1S/C14H11BrO/c1-3-14(16)12-8-13(15)9(2)10-6-4-5-7-11(10)12/h3-8H,1H2,2H3. The highest BCUT2D eigenvalue weighted by Crippen LogP contribution is 2.29. The van der Waals surface area contributed by atoms with Crippen LogP contribution in [0.5, 0.6) is 0 Å². The van der Waals surface area contributed by atoms with E-state index >= 15 is 0 Å². The molecule has 2 rings (SSSR count). The van der Waals surface area contributed by atoms with Crippen molar-refractivity contribution in [3.63, 3.8) is 0 Å². The van der Waals surface area contributed by atoms with Crippen molar-refractivity contribution < 1.29 is 4.79 Å². The number of ketones is 1. The van der Waals surface area contributed by atoms with Gasteiger partial charge in [0.15, 0.2) is 5.78 Å². The van der Waals surface area contributed by atoms with Gasteiger partial charge in [0.1, 0.15) is 0 Å². The molecule has 0 saturated heterocycles. The number of carbonyl (C=O) groups excluding carboxylic acids is 1. The zero-order valence-corrected chi connectivity index (χ0v) is 10.5. The minimum Gasteiger partial charge on any atom is -0.289 e. The largest absolute Gasteiger partial charge is 0.289 e. The first-order valence-corrected chi connectivity index (χ1v) is 5.79. The molecule has 0 aliphatic heterocycles. The third-order valence-electron chi connectivity index (χ3n) is 2.70. The van der Waals surface area contributed by atoms with Crippen molar-refractivity contribution in [3.8, 4) is 0 Å². The first-order chi connectivity index (χ1) is 7.65. The monoisotopic (exact) mass is 274 g/mol. The number of carbonyl (C=O) groups is 1. The molecule has 16 heavy (non-hydrogen) atoms. The summed E-state index contributed by atoms with van der Waals surface area (Å²) in [6.07, 6.45) is 1.35. The first kappa shape index (κ1) is 11.1. The van der Waals surface area contributed by atoms with Crippen molar-refractivity contribution in [2.75, 3.05) is 0 Å². The van der Waals surface area contributed by atoms with E-state index in [-0.39, 0.29) is 5.78 Å². The lowest BCUT2D eigenvalue weighted by atomic mass is 9.98. The number of allylic oxidation sites excluding steroid dienone is 1. The molecule has 80 valence electrons. The maximum absolute atomic E-state index is 11.8. The molecule has 2 aromatic carbocycles. The van der Waals surface area contributed by atoms with Crippen molar-refractivity contribution in [1.82, 2.24) is 0 Å². The molecule has 0 spiro atoms. The smallest absolute Gasteiger partial charge is 0.185 e. The second-order valence-electron chi connectivity index (χ2n) is 3.64. The predicted molar refractivity (Wildman–Crippen MR) is 70.9 cm³/mol. The van der Waals surface area contributed by atoms with E-state index in [1.807, 2.05) is 37.3 Å². The van der Waals surface area contributed by atoms with Crippen molar-refractivity contribution >= 4 is 32.5 Å². The van der Waals surface area contributed by atoms with Gasteiger partial charge < -0.3 is 0 Å². The number of hydrogen-bond acceptors (Lipinski definition) is 1. The Morgan fingerprint density at radius 2 is 1.94 bits per heavy atom. The molecule has 0 fully saturated rings. The summed E-state index contributed by atoms with van der Waals surface area (Å²) in [6, 6.07) is 9.77. The van der Waals surface area contributed by atoms with E-state index in [2.05, 4.69) is 22.5 Å². The Morgan fingerprint density at radius 3 is 2.56 bits per heavy atom. The molecule has 0 aliphatic rings. The van der Waals surface area contributed by atoms with E-state index in [1.165, 1.54) is 6.08 Å². The molecule has 0 heterocycles. The predicted octanol–water partition coefficient (Wildman–Crippen LogP) is 4.28. The van der Waals surface area contributed by atoms with Gasteiger partial charge in [-0.3, -0.25) is 4.79 Å². The lowest BCUT2D eigenvalue weighted by Gasteiger charge is -2.08. The molecular weight excluding hydrogens is 264 g/mol. The van der Waals surface area contributed by atoms with Crippen LogP contribution in [-0.2, 0) is 0 Å². The van der Waals surface area contributed by atoms with E-state index in [0.29, 0.717) is 5.56 Å². The summed E-state index contributed by atoms with van der Waals surface area (Å²) >= 11 is 3.48. The Kier molecular flexibility index (Phi) is 2.92. The van der Waals surface area contributed by atoms with Crippen LogP contribution in [0, 0.1) is 6.92 Å². The zero-order valence-electron chi connectivity index (χ0n) is 8.96. The molecule has 0 atom stereocenters. The summed E-state index contributed by atoms with van der Waals surface area (Å²) in [5.74, 6) is -0.0445. The van der Waals surface area contributed by atoms with E-state index < -0.39 is 0 Å². The average Bonchev–Trinajstić information content (AvgIpc) is 2.33. The van der Waals surface area contributed by atoms with Crippen LogP contribution in [0.2, 0.25) is 0 Å². The number of fused-ring (bicyclic) bond motifs is 1. The number of hydrogen-bond donors (Lipinski definition) is 0. The summed E-state index contributed by atoms with van der Waals surface area (Å²) < 4.78 is 0.955. The molecule has 0 bridgehead atoms. The number of benzene rings is 2. The third kappa shape index (κ3) is 1.69. The minimum atomic E-state index is -0.0445. The molecule has 0 saturated carbocycles. The van der Waals surface area contributed by atoms with Crippen LogP contribution in [0.15, 0.2) is 47.5 Å². The maximum atomic E-state index is 11.8. The van der Waals surface area contributed by atoms with Crippen LogP contribution in [-0.4, -0.2) is 5.78 Å². The number of aryl methyl sites for hydroxylation is 1. The Labute approximate surface area is 103 Å². The second kappa shape index (κ2) is 4.22. The van der Waals surface area contributed by atoms with Gasteiger partial charge >= 0.3 is 0 Å². The topological polar surface area (TPSA) is 17.1 Å². The van der Waals surface area contributed by atoms with Crippen LogP contribution in [0.3, 0.4) is 0 Å². The quantitative estimate of drug-likeness (QED) is 0.590. The fraction of sp³-hybridized carbons (Fsp3) is 0.0714. The SMILES string of the molecule is C=CC(=O)c1cc(Br)c(C)c2ccccc12. The number of halogens is 1. The van der Waals surface area contributed by atoms with Crippen LogP contribution in [0.1, 0.15) is 15.9 Å². The Morgan fingerprint density at radius 1 is 1.31 bits per heavy atom. The van der Waals surface area contributed by atoms with E-state index in [0.717, 1.165) is 20.8 Å². The van der Waals surface area contributed by atoms with Crippen LogP contribution in [0.4, 0.5) is 0 Å². The molecule has 0 radical (unpaired) electrons. The molecule has 0 aliphatic carbocycles. The molecular formula is C14H11BrO. The van der Waals surface area contributed by atoms with Gasteiger partial charge in [0, 0.05) is 10.0 Å². The molecule has 2 aromatic rings. The van der Waals surface area contributed by atoms with Gasteiger partial charge in [-0.1, -0.05) is 46.8 Å². The molecule has 0 unspecified atom stereocenters. The van der Waals surface area contributed by atoms with Crippen LogP contribution in [0.25, 0.3) is 10.8 Å². The van der Waals surface area contributed by atoms with E-state index in [4.69, 9.17) is 0 Å². The fourth-order valence-electron chi connectivity index (χ4n) is 1.80. The Hall–Kier alpha value is -1.41. The van der Waals surface area contributed by atoms with E-state index in [9.17, 15) is 4.79 Å².